The molecular weight excluding hydrogens is 396 g/mol. The Hall–Kier alpha value is -3.73. The highest BCUT2D eigenvalue weighted by Crippen LogP contribution is 2.27. The van der Waals surface area contributed by atoms with E-state index in [9.17, 15) is 0 Å². The number of nitrogens with one attached hydrogen (secondary N) is 2. The third-order valence-electron chi connectivity index (χ3n) is 5.30. The molecule has 3 rings (SSSR count). The van der Waals surface area contributed by atoms with Gasteiger partial charge in [-0.3, -0.25) is 0 Å². The SMILES string of the molecule is C=Cc1ccc(CCCOc2ccc(NC(CC)c3ccccc3)c(C=N)c2)nc1N=C. The highest BCUT2D eigenvalue weighted by Gasteiger charge is 2.11. The Morgan fingerprint density at radius 1 is 1.12 bits per heavy atom. The van der Waals surface area contributed by atoms with Gasteiger partial charge in [-0.15, -0.1) is 0 Å². The first-order chi connectivity index (χ1) is 15.7. The zero-order valence-corrected chi connectivity index (χ0v) is 18.6. The van der Waals surface area contributed by atoms with Gasteiger partial charge in [0.05, 0.1) is 12.6 Å². The number of hydrogen-bond donors (Lipinski definition) is 2. The number of benzene rings is 2. The van der Waals surface area contributed by atoms with Crippen LogP contribution in [0.4, 0.5) is 11.5 Å². The maximum absolute atomic E-state index is 7.83. The summed E-state index contributed by atoms with van der Waals surface area (Å²) < 4.78 is 5.93. The highest BCUT2D eigenvalue weighted by atomic mass is 16.5. The summed E-state index contributed by atoms with van der Waals surface area (Å²) in [5, 5.41) is 11.4. The summed E-state index contributed by atoms with van der Waals surface area (Å²) in [6.07, 6.45) is 5.65. The molecule has 0 amide bonds. The second-order valence-electron chi connectivity index (χ2n) is 7.44. The summed E-state index contributed by atoms with van der Waals surface area (Å²) in [5.74, 6) is 1.36. The Labute approximate surface area is 190 Å². The Balaban J connectivity index is 1.58. The average Bonchev–Trinajstić information content (AvgIpc) is 2.85. The van der Waals surface area contributed by atoms with E-state index in [1.54, 1.807) is 6.08 Å². The number of hydrogen-bond acceptors (Lipinski definition) is 5. The second-order valence-corrected chi connectivity index (χ2v) is 7.44. The van der Waals surface area contributed by atoms with E-state index in [1.807, 2.05) is 48.5 Å². The van der Waals surface area contributed by atoms with E-state index in [2.05, 4.69) is 47.6 Å². The maximum Gasteiger partial charge on any atom is 0.158 e. The van der Waals surface area contributed by atoms with Crippen molar-refractivity contribution in [3.05, 3.63) is 89.6 Å². The minimum absolute atomic E-state index is 0.191. The van der Waals surface area contributed by atoms with Gasteiger partial charge in [-0.2, -0.15) is 0 Å². The van der Waals surface area contributed by atoms with Crippen LogP contribution in [0.15, 0.2) is 72.2 Å². The lowest BCUT2D eigenvalue weighted by atomic mass is 10.0. The number of aryl methyl sites for hydroxylation is 1. The van der Waals surface area contributed by atoms with Crippen molar-refractivity contribution >= 4 is 30.5 Å². The van der Waals surface area contributed by atoms with Crippen molar-refractivity contribution in [2.45, 2.75) is 32.2 Å². The van der Waals surface area contributed by atoms with Crippen LogP contribution in [0.2, 0.25) is 0 Å². The quantitative estimate of drug-likeness (QED) is 0.252. The molecule has 164 valence electrons. The normalized spacial score (nSPS) is 11.4. The Bertz CT molecular complexity index is 1060. The first-order valence-electron chi connectivity index (χ1n) is 10.9. The molecule has 1 unspecified atom stereocenters. The number of nitrogens with zero attached hydrogens (tertiary/aromatic N) is 2. The van der Waals surface area contributed by atoms with Crippen LogP contribution in [0.5, 0.6) is 5.75 Å². The lowest BCUT2D eigenvalue weighted by Gasteiger charge is -2.20. The molecule has 0 aliphatic rings. The minimum atomic E-state index is 0.191. The van der Waals surface area contributed by atoms with Gasteiger partial charge >= 0.3 is 0 Å². The van der Waals surface area contributed by atoms with Crippen molar-refractivity contribution in [3.63, 3.8) is 0 Å². The third kappa shape index (κ3) is 5.91. The van der Waals surface area contributed by atoms with E-state index >= 15 is 0 Å². The number of aliphatic imine (C=N–C) groups is 1. The zero-order valence-electron chi connectivity index (χ0n) is 18.6. The molecule has 2 N–H and O–H groups in total. The van der Waals surface area contributed by atoms with E-state index in [0.29, 0.717) is 12.4 Å². The predicted octanol–water partition coefficient (Wildman–Crippen LogP) is 6.63. The molecule has 0 spiro atoms. The van der Waals surface area contributed by atoms with Crippen LogP contribution in [-0.2, 0) is 6.42 Å². The van der Waals surface area contributed by atoms with Crippen LogP contribution < -0.4 is 10.1 Å². The van der Waals surface area contributed by atoms with Crippen molar-refractivity contribution in [2.75, 3.05) is 11.9 Å². The summed E-state index contributed by atoms with van der Waals surface area (Å²) in [6.45, 7) is 10.1. The van der Waals surface area contributed by atoms with Gasteiger partial charge in [0.25, 0.3) is 0 Å². The molecule has 0 fully saturated rings. The van der Waals surface area contributed by atoms with E-state index in [4.69, 9.17) is 10.1 Å². The molecule has 32 heavy (non-hydrogen) atoms. The fraction of sp³-hybridized carbons (Fsp3) is 0.222. The van der Waals surface area contributed by atoms with Gasteiger partial charge < -0.3 is 15.5 Å². The number of ether oxygens (including phenoxy) is 1. The third-order valence-corrected chi connectivity index (χ3v) is 5.30. The molecule has 1 atom stereocenters. The van der Waals surface area contributed by atoms with Gasteiger partial charge in [-0.25, -0.2) is 9.98 Å². The molecule has 0 bridgehead atoms. The largest absolute Gasteiger partial charge is 0.494 e. The summed E-state index contributed by atoms with van der Waals surface area (Å²) in [6, 6.07) is 20.3. The smallest absolute Gasteiger partial charge is 0.158 e. The van der Waals surface area contributed by atoms with Gasteiger partial charge in [0, 0.05) is 28.7 Å². The number of anilines is 1. The Morgan fingerprint density at radius 2 is 1.94 bits per heavy atom. The first kappa shape index (κ1) is 22.9. The highest BCUT2D eigenvalue weighted by molar-refractivity contribution is 5.86. The average molecular weight is 427 g/mol. The molecule has 2 aromatic carbocycles. The Kier molecular flexibility index (Phi) is 8.32. The lowest BCUT2D eigenvalue weighted by Crippen LogP contribution is -2.11. The number of rotatable bonds is 12. The topological polar surface area (TPSA) is 70.4 Å². The Morgan fingerprint density at radius 3 is 2.62 bits per heavy atom. The number of aromatic nitrogens is 1. The second kappa shape index (κ2) is 11.6. The van der Waals surface area contributed by atoms with Crippen molar-refractivity contribution in [2.24, 2.45) is 4.99 Å². The van der Waals surface area contributed by atoms with Crippen LogP contribution in [0.3, 0.4) is 0 Å². The van der Waals surface area contributed by atoms with Crippen LogP contribution in [-0.4, -0.2) is 24.5 Å². The first-order valence-corrected chi connectivity index (χ1v) is 10.9. The van der Waals surface area contributed by atoms with Crippen LogP contribution >= 0.6 is 0 Å². The molecule has 0 saturated carbocycles. The summed E-state index contributed by atoms with van der Waals surface area (Å²) >= 11 is 0. The van der Waals surface area contributed by atoms with Gasteiger partial charge in [0.15, 0.2) is 5.82 Å². The van der Waals surface area contributed by atoms with E-state index in [1.165, 1.54) is 11.8 Å². The van der Waals surface area contributed by atoms with Crippen molar-refractivity contribution in [1.29, 1.82) is 5.41 Å². The fourth-order valence-electron chi connectivity index (χ4n) is 3.54. The molecule has 5 heteroatoms. The molecule has 3 aromatic rings. The van der Waals surface area contributed by atoms with Crippen molar-refractivity contribution in [1.82, 2.24) is 4.98 Å². The van der Waals surface area contributed by atoms with E-state index in [0.717, 1.165) is 47.5 Å². The lowest BCUT2D eigenvalue weighted by molar-refractivity contribution is 0.310. The molecule has 1 heterocycles. The van der Waals surface area contributed by atoms with Gasteiger partial charge in [0.1, 0.15) is 5.75 Å². The molecule has 0 aliphatic carbocycles. The van der Waals surface area contributed by atoms with Gasteiger partial charge in [-0.05, 0) is 61.9 Å². The van der Waals surface area contributed by atoms with Crippen LogP contribution in [0.1, 0.15) is 48.2 Å². The molecule has 0 saturated heterocycles. The number of pyridine rings is 1. The summed E-state index contributed by atoms with van der Waals surface area (Å²) in [4.78, 5) is 8.47. The summed E-state index contributed by atoms with van der Waals surface area (Å²) in [7, 11) is 0. The zero-order chi connectivity index (χ0) is 22.8. The molecule has 0 aliphatic heterocycles. The fourth-order valence-corrected chi connectivity index (χ4v) is 3.54. The van der Waals surface area contributed by atoms with Crippen LogP contribution in [0, 0.1) is 5.41 Å². The molecule has 0 radical (unpaired) electrons. The van der Waals surface area contributed by atoms with Crippen molar-refractivity contribution in [3.8, 4) is 5.75 Å². The minimum Gasteiger partial charge on any atom is -0.494 e. The molecule has 5 nitrogen and oxygen atoms in total. The summed E-state index contributed by atoms with van der Waals surface area (Å²) in [5.41, 5.74) is 4.80. The van der Waals surface area contributed by atoms with E-state index < -0.39 is 0 Å². The van der Waals surface area contributed by atoms with Crippen LogP contribution in [0.25, 0.3) is 6.08 Å². The van der Waals surface area contributed by atoms with E-state index in [-0.39, 0.29) is 6.04 Å². The van der Waals surface area contributed by atoms with Crippen molar-refractivity contribution < 1.29 is 4.74 Å². The standard InChI is InChI=1S/C27H30N4O/c1-4-20-13-14-23(30-27(20)29-3)12-9-17-32-24-15-16-26(22(18-24)19-28)31-25(5-2)21-10-7-6-8-11-21/h4,6-8,10-11,13-16,18-19,25,28,31H,1,3,5,9,12,17H2,2H3. The van der Waals surface area contributed by atoms with Gasteiger partial charge in [0.2, 0.25) is 0 Å². The monoisotopic (exact) mass is 426 g/mol. The molecule has 1 aromatic heterocycles. The molecular formula is C27H30N4O. The predicted molar refractivity (Wildman–Crippen MR) is 135 cm³/mol. The van der Waals surface area contributed by atoms with Gasteiger partial charge in [-0.1, -0.05) is 49.9 Å². The maximum atomic E-state index is 7.83.